The molecule has 0 spiro atoms. The molecule has 7 rings (SSSR count). The van der Waals surface area contributed by atoms with E-state index in [0.29, 0.717) is 24.7 Å². The van der Waals surface area contributed by atoms with Gasteiger partial charge in [0.25, 0.3) is 0 Å². The molecule has 1 aromatic heterocycles. The summed E-state index contributed by atoms with van der Waals surface area (Å²) in [5.74, 6) is 0.996. The van der Waals surface area contributed by atoms with E-state index < -0.39 is 22.8 Å². The Morgan fingerprint density at radius 3 is 2.22 bits per heavy atom. The van der Waals surface area contributed by atoms with Gasteiger partial charge in [-0.3, -0.25) is 19.2 Å². The first-order valence-electron chi connectivity index (χ1n) is 20.9. The first kappa shape index (κ1) is 39.1. The van der Waals surface area contributed by atoms with Crippen molar-refractivity contribution in [2.45, 2.75) is 157 Å². The number of aliphatic carboxylic acids is 1. The first-order chi connectivity index (χ1) is 25.2. The number of carboxylic acid groups (broad SMARTS) is 1. The SMILES string of the molecule is CC(C)C1=C2[C@H]3CC[C@@H]4[C@@]5(C)CC[C@H](OC(=O)CC(C)(C)C(=O)O)C(C)(C)[C@@H]5CC[C@@]4(C)[C@]3(C)CC[C@@]2(/C=C/C(=O)CC2(c3ncccn3)CC2)CC1=O. The van der Waals surface area contributed by atoms with Gasteiger partial charge in [0.05, 0.1) is 11.8 Å². The molecule has 294 valence electrons. The minimum atomic E-state index is -1.17. The summed E-state index contributed by atoms with van der Waals surface area (Å²) in [5, 5.41) is 9.62. The van der Waals surface area contributed by atoms with Gasteiger partial charge >= 0.3 is 11.9 Å². The fourth-order valence-corrected chi connectivity index (χ4v) is 13.5. The molecule has 8 atom stereocenters. The van der Waals surface area contributed by atoms with Gasteiger partial charge in [-0.15, -0.1) is 0 Å². The highest BCUT2D eigenvalue weighted by atomic mass is 16.5. The standard InChI is InChI=1S/C46H64N2O6/c1-28(2)36-31(50)26-45(18-13-29(49)25-46(21-22-46)38-47-23-10-24-48-38)20-19-43(8)30(37(36)45)11-12-33-42(7)16-15-34(54-35(51)27-40(3,4)39(52)53)41(5,6)32(42)14-17-44(33,43)9/h10,13,18,23-24,28,30,32-34H,11-12,14-17,19-22,25-27H2,1-9H3,(H,52,53)/b18-13+/t30-,32+,33-,34+,42+,43-,44-,45+/m1/s1. The van der Waals surface area contributed by atoms with E-state index >= 15 is 0 Å². The Morgan fingerprint density at radius 2 is 1.59 bits per heavy atom. The summed E-state index contributed by atoms with van der Waals surface area (Å²) in [6.07, 6.45) is 17.8. The second-order valence-corrected chi connectivity index (χ2v) is 20.9. The average Bonchev–Trinajstić information content (AvgIpc) is 3.80. The largest absolute Gasteiger partial charge is 0.481 e. The minimum absolute atomic E-state index is 0.00390. The van der Waals surface area contributed by atoms with Crippen LogP contribution < -0.4 is 0 Å². The molecular weight excluding hydrogens is 677 g/mol. The number of carboxylic acids is 1. The number of Topliss-reactive ketones (excluding diaryl/α,β-unsaturated/α-hetero) is 1. The maximum Gasteiger partial charge on any atom is 0.309 e. The second-order valence-electron chi connectivity index (χ2n) is 20.9. The maximum absolute atomic E-state index is 14.1. The lowest BCUT2D eigenvalue weighted by molar-refractivity contribution is -0.232. The van der Waals surface area contributed by atoms with Crippen molar-refractivity contribution < 1.29 is 29.0 Å². The number of fused-ring (bicyclic) bond motifs is 7. The van der Waals surface area contributed by atoms with Gasteiger partial charge in [-0.25, -0.2) is 9.97 Å². The Morgan fingerprint density at radius 1 is 0.907 bits per heavy atom. The Balaban J connectivity index is 1.15. The molecular formula is C46H64N2O6. The van der Waals surface area contributed by atoms with Gasteiger partial charge in [0.15, 0.2) is 11.6 Å². The molecule has 0 aromatic carbocycles. The molecule has 6 aliphatic rings. The van der Waals surface area contributed by atoms with Crippen molar-refractivity contribution in [2.24, 2.45) is 56.2 Å². The van der Waals surface area contributed by atoms with E-state index in [0.717, 1.165) is 75.6 Å². The van der Waals surface area contributed by atoms with E-state index in [1.807, 2.05) is 12.1 Å². The van der Waals surface area contributed by atoms with Crippen molar-refractivity contribution in [1.82, 2.24) is 9.97 Å². The Hall–Kier alpha value is -3.16. The van der Waals surface area contributed by atoms with E-state index in [4.69, 9.17) is 4.74 Å². The average molecular weight is 741 g/mol. The smallest absolute Gasteiger partial charge is 0.309 e. The molecule has 0 aliphatic heterocycles. The van der Waals surface area contributed by atoms with Crippen LogP contribution in [0.25, 0.3) is 0 Å². The number of carbonyl (C=O) groups excluding carboxylic acids is 3. The highest BCUT2D eigenvalue weighted by molar-refractivity contribution is 6.01. The van der Waals surface area contributed by atoms with Crippen molar-refractivity contribution in [3.63, 3.8) is 0 Å². The van der Waals surface area contributed by atoms with Crippen LogP contribution in [0, 0.1) is 56.2 Å². The van der Waals surface area contributed by atoms with Gasteiger partial charge in [0, 0.05) is 41.5 Å². The highest BCUT2D eigenvalue weighted by Gasteiger charge is 2.70. The van der Waals surface area contributed by atoms with Crippen LogP contribution in [0.3, 0.4) is 0 Å². The highest BCUT2D eigenvalue weighted by Crippen LogP contribution is 2.77. The third-order valence-corrected chi connectivity index (χ3v) is 16.9. The summed E-state index contributed by atoms with van der Waals surface area (Å²) in [7, 11) is 0. The molecule has 0 amide bonds. The van der Waals surface area contributed by atoms with Crippen LogP contribution in [0.2, 0.25) is 0 Å². The fourth-order valence-electron chi connectivity index (χ4n) is 13.5. The number of ether oxygens (including phenoxy) is 1. The van der Waals surface area contributed by atoms with Crippen LogP contribution in [-0.4, -0.2) is 44.7 Å². The molecule has 8 heteroatoms. The van der Waals surface area contributed by atoms with E-state index in [2.05, 4.69) is 64.5 Å². The summed E-state index contributed by atoms with van der Waals surface area (Å²) in [5.41, 5.74) is 0.432. The van der Waals surface area contributed by atoms with Gasteiger partial charge in [0.1, 0.15) is 11.9 Å². The predicted molar refractivity (Wildman–Crippen MR) is 207 cm³/mol. The summed E-state index contributed by atoms with van der Waals surface area (Å²) < 4.78 is 6.17. The van der Waals surface area contributed by atoms with Gasteiger partial charge < -0.3 is 9.84 Å². The molecule has 1 aromatic rings. The van der Waals surface area contributed by atoms with Crippen molar-refractivity contribution in [3.05, 3.63) is 47.6 Å². The molecule has 0 unspecified atom stereocenters. The number of esters is 1. The van der Waals surface area contributed by atoms with Crippen molar-refractivity contribution in [3.8, 4) is 0 Å². The molecule has 0 bridgehead atoms. The number of aromatic nitrogens is 2. The molecule has 0 saturated heterocycles. The fraction of sp³-hybridized carbons (Fsp3) is 0.739. The molecule has 6 aliphatic carbocycles. The van der Waals surface area contributed by atoms with E-state index in [1.165, 1.54) is 5.57 Å². The van der Waals surface area contributed by atoms with Crippen LogP contribution in [0.4, 0.5) is 0 Å². The molecule has 1 N–H and O–H groups in total. The van der Waals surface area contributed by atoms with Crippen LogP contribution in [-0.2, 0) is 29.3 Å². The van der Waals surface area contributed by atoms with Crippen molar-refractivity contribution in [1.29, 1.82) is 0 Å². The number of carbonyl (C=O) groups is 4. The zero-order valence-corrected chi connectivity index (χ0v) is 34.3. The second kappa shape index (κ2) is 12.9. The van der Waals surface area contributed by atoms with Gasteiger partial charge in [-0.1, -0.05) is 54.5 Å². The zero-order chi connectivity index (χ0) is 39.3. The number of hydrogen-bond acceptors (Lipinski definition) is 7. The van der Waals surface area contributed by atoms with Crippen LogP contribution in [0.5, 0.6) is 0 Å². The number of rotatable bonds is 10. The lowest BCUT2D eigenvalue weighted by Gasteiger charge is -2.72. The van der Waals surface area contributed by atoms with Gasteiger partial charge in [0.2, 0.25) is 0 Å². The Bertz CT molecular complexity index is 1790. The van der Waals surface area contributed by atoms with Gasteiger partial charge in [-0.05, 0) is 141 Å². The molecule has 8 nitrogen and oxygen atoms in total. The zero-order valence-electron chi connectivity index (χ0n) is 34.3. The summed E-state index contributed by atoms with van der Waals surface area (Å²) in [6.45, 7) is 19.7. The summed E-state index contributed by atoms with van der Waals surface area (Å²) in [4.78, 5) is 61.6. The lowest BCUT2D eigenvalue weighted by Crippen LogP contribution is -2.65. The monoisotopic (exact) mass is 740 g/mol. The number of hydrogen-bond donors (Lipinski definition) is 1. The third-order valence-electron chi connectivity index (χ3n) is 16.9. The third kappa shape index (κ3) is 5.88. The van der Waals surface area contributed by atoms with Crippen molar-refractivity contribution in [2.75, 3.05) is 0 Å². The quantitative estimate of drug-likeness (QED) is 0.186. The van der Waals surface area contributed by atoms with Gasteiger partial charge in [-0.2, -0.15) is 0 Å². The van der Waals surface area contributed by atoms with Crippen LogP contribution in [0.15, 0.2) is 41.8 Å². The maximum atomic E-state index is 14.1. The Labute approximate surface area is 322 Å². The minimum Gasteiger partial charge on any atom is -0.481 e. The molecule has 54 heavy (non-hydrogen) atoms. The lowest BCUT2D eigenvalue weighted by atomic mass is 9.33. The molecule has 5 fully saturated rings. The first-order valence-corrected chi connectivity index (χ1v) is 20.9. The normalized spacial score (nSPS) is 38.0. The number of allylic oxidation sites excluding steroid dienone is 4. The number of ketones is 2. The topological polar surface area (TPSA) is 124 Å². The van der Waals surface area contributed by atoms with Crippen LogP contribution in [0.1, 0.15) is 152 Å². The van der Waals surface area contributed by atoms with E-state index in [1.54, 1.807) is 26.2 Å². The van der Waals surface area contributed by atoms with E-state index in [9.17, 15) is 24.3 Å². The molecule has 5 saturated carbocycles. The predicted octanol–water partition coefficient (Wildman–Crippen LogP) is 9.42. The molecule has 1 heterocycles. The van der Waals surface area contributed by atoms with E-state index in [-0.39, 0.29) is 63.0 Å². The number of nitrogens with zero attached hydrogens (tertiary/aromatic N) is 2. The van der Waals surface area contributed by atoms with Crippen LogP contribution >= 0.6 is 0 Å². The summed E-state index contributed by atoms with van der Waals surface area (Å²) >= 11 is 0. The summed E-state index contributed by atoms with van der Waals surface area (Å²) in [6, 6.07) is 1.81. The molecule has 0 radical (unpaired) electrons. The van der Waals surface area contributed by atoms with Crippen molar-refractivity contribution >= 4 is 23.5 Å². The Kier molecular flexibility index (Phi) is 9.37.